The third-order valence-electron chi connectivity index (χ3n) is 3.98. The van der Waals surface area contributed by atoms with Crippen LogP contribution in [-0.2, 0) is 13.0 Å². The number of nitrogens with one attached hydrogen (secondary N) is 1. The van der Waals surface area contributed by atoms with Crippen LogP contribution in [0.5, 0.6) is 11.5 Å². The summed E-state index contributed by atoms with van der Waals surface area (Å²) in [6, 6.07) is 14.7. The Morgan fingerprint density at radius 1 is 1.12 bits per heavy atom. The van der Waals surface area contributed by atoms with E-state index in [0.29, 0.717) is 30.0 Å². The molecule has 0 fully saturated rings. The third-order valence-corrected chi connectivity index (χ3v) is 4.33. The molecule has 0 radical (unpaired) electrons. The standard InChI is InChI=1S/C20H26ClNO2/c1-4-24-20-12-17(18(21)13-19(20)23-3)14-22-15(2)10-11-16-8-6-5-7-9-16/h5-9,12-13,15,22H,4,10-11,14H2,1-3H3. The van der Waals surface area contributed by atoms with Crippen molar-refractivity contribution in [2.24, 2.45) is 0 Å². The zero-order chi connectivity index (χ0) is 17.4. The topological polar surface area (TPSA) is 30.5 Å². The maximum atomic E-state index is 6.36. The van der Waals surface area contributed by atoms with Crippen molar-refractivity contribution in [2.45, 2.75) is 39.3 Å². The maximum Gasteiger partial charge on any atom is 0.162 e. The van der Waals surface area contributed by atoms with Crippen molar-refractivity contribution in [2.75, 3.05) is 13.7 Å². The summed E-state index contributed by atoms with van der Waals surface area (Å²) in [5.41, 5.74) is 2.39. The maximum absolute atomic E-state index is 6.36. The van der Waals surface area contributed by atoms with E-state index >= 15 is 0 Å². The highest BCUT2D eigenvalue weighted by Gasteiger charge is 2.11. The zero-order valence-electron chi connectivity index (χ0n) is 14.6. The minimum Gasteiger partial charge on any atom is -0.493 e. The molecule has 0 aliphatic heterocycles. The molecule has 0 bridgehead atoms. The Hall–Kier alpha value is -1.71. The molecule has 1 N–H and O–H groups in total. The molecular weight excluding hydrogens is 322 g/mol. The van der Waals surface area contributed by atoms with Gasteiger partial charge in [-0.1, -0.05) is 41.9 Å². The third kappa shape index (κ3) is 5.43. The van der Waals surface area contributed by atoms with E-state index in [1.165, 1.54) is 5.56 Å². The molecule has 24 heavy (non-hydrogen) atoms. The average Bonchev–Trinajstić information content (AvgIpc) is 2.61. The summed E-state index contributed by atoms with van der Waals surface area (Å²) in [6.45, 7) is 5.46. The minimum absolute atomic E-state index is 0.402. The lowest BCUT2D eigenvalue weighted by atomic mass is 10.1. The van der Waals surface area contributed by atoms with Gasteiger partial charge in [-0.2, -0.15) is 0 Å². The predicted molar refractivity (Wildman–Crippen MR) is 100 cm³/mol. The fourth-order valence-corrected chi connectivity index (χ4v) is 2.78. The van der Waals surface area contributed by atoms with Crippen LogP contribution in [0.4, 0.5) is 0 Å². The second-order valence-electron chi connectivity index (χ2n) is 5.83. The summed E-state index contributed by atoms with van der Waals surface area (Å²) in [5.74, 6) is 1.40. The van der Waals surface area contributed by atoms with Gasteiger partial charge in [0.25, 0.3) is 0 Å². The molecule has 0 amide bonds. The molecule has 0 heterocycles. The molecule has 2 aromatic rings. The first-order valence-electron chi connectivity index (χ1n) is 8.40. The molecule has 130 valence electrons. The Morgan fingerprint density at radius 2 is 1.88 bits per heavy atom. The Bertz CT molecular complexity index is 631. The normalized spacial score (nSPS) is 12.0. The lowest BCUT2D eigenvalue weighted by Gasteiger charge is -2.16. The van der Waals surface area contributed by atoms with Crippen molar-refractivity contribution in [3.05, 3.63) is 58.6 Å². The van der Waals surface area contributed by atoms with Crippen molar-refractivity contribution in [3.8, 4) is 11.5 Å². The molecule has 1 unspecified atom stereocenters. The number of ether oxygens (including phenoxy) is 2. The van der Waals surface area contributed by atoms with Gasteiger partial charge >= 0.3 is 0 Å². The summed E-state index contributed by atoms with van der Waals surface area (Å²) in [4.78, 5) is 0. The fourth-order valence-electron chi connectivity index (χ4n) is 2.55. The minimum atomic E-state index is 0.402. The quantitative estimate of drug-likeness (QED) is 0.702. The summed E-state index contributed by atoms with van der Waals surface area (Å²) in [6.07, 6.45) is 2.14. The van der Waals surface area contributed by atoms with Gasteiger partial charge < -0.3 is 14.8 Å². The van der Waals surface area contributed by atoms with E-state index in [1.807, 2.05) is 25.1 Å². The Kier molecular flexibility index (Phi) is 7.41. The van der Waals surface area contributed by atoms with E-state index in [0.717, 1.165) is 24.2 Å². The van der Waals surface area contributed by atoms with Gasteiger partial charge in [0.05, 0.1) is 13.7 Å². The highest BCUT2D eigenvalue weighted by Crippen LogP contribution is 2.33. The van der Waals surface area contributed by atoms with Crippen LogP contribution in [0.25, 0.3) is 0 Å². The van der Waals surface area contributed by atoms with Crippen molar-refractivity contribution >= 4 is 11.6 Å². The summed E-state index contributed by atoms with van der Waals surface area (Å²) in [5, 5.41) is 4.23. The fraction of sp³-hybridized carbons (Fsp3) is 0.400. The lowest BCUT2D eigenvalue weighted by molar-refractivity contribution is 0.310. The predicted octanol–water partition coefficient (Wildman–Crippen LogP) is 4.86. The number of aryl methyl sites for hydroxylation is 1. The van der Waals surface area contributed by atoms with Gasteiger partial charge in [0.1, 0.15) is 0 Å². The second-order valence-corrected chi connectivity index (χ2v) is 6.24. The van der Waals surface area contributed by atoms with Gasteiger partial charge in [-0.05, 0) is 43.9 Å². The van der Waals surface area contributed by atoms with Crippen LogP contribution < -0.4 is 14.8 Å². The van der Waals surface area contributed by atoms with E-state index in [9.17, 15) is 0 Å². The lowest BCUT2D eigenvalue weighted by Crippen LogP contribution is -2.26. The van der Waals surface area contributed by atoms with E-state index in [-0.39, 0.29) is 0 Å². The molecule has 0 saturated heterocycles. The van der Waals surface area contributed by atoms with E-state index in [1.54, 1.807) is 7.11 Å². The first kappa shape index (κ1) is 18.6. The van der Waals surface area contributed by atoms with Gasteiger partial charge in [0.15, 0.2) is 11.5 Å². The first-order chi connectivity index (χ1) is 11.6. The van der Waals surface area contributed by atoms with Crippen LogP contribution in [-0.4, -0.2) is 19.8 Å². The first-order valence-corrected chi connectivity index (χ1v) is 8.78. The van der Waals surface area contributed by atoms with E-state index in [4.69, 9.17) is 21.1 Å². The summed E-state index contributed by atoms with van der Waals surface area (Å²) >= 11 is 6.36. The molecule has 2 rings (SSSR count). The molecule has 3 nitrogen and oxygen atoms in total. The van der Waals surface area contributed by atoms with Crippen LogP contribution in [0.15, 0.2) is 42.5 Å². The van der Waals surface area contributed by atoms with Crippen LogP contribution >= 0.6 is 11.6 Å². The SMILES string of the molecule is CCOc1cc(CNC(C)CCc2ccccc2)c(Cl)cc1OC. The van der Waals surface area contributed by atoms with E-state index < -0.39 is 0 Å². The van der Waals surface area contributed by atoms with Crippen LogP contribution in [0.3, 0.4) is 0 Å². The Labute approximate surface area is 149 Å². The number of benzene rings is 2. The van der Waals surface area contributed by atoms with Gasteiger partial charge in [-0.15, -0.1) is 0 Å². The number of rotatable bonds is 9. The van der Waals surface area contributed by atoms with Crippen LogP contribution in [0.1, 0.15) is 31.4 Å². The van der Waals surface area contributed by atoms with Crippen molar-refractivity contribution < 1.29 is 9.47 Å². The smallest absolute Gasteiger partial charge is 0.162 e. The van der Waals surface area contributed by atoms with Crippen molar-refractivity contribution in [1.82, 2.24) is 5.32 Å². The molecule has 0 saturated carbocycles. The monoisotopic (exact) mass is 347 g/mol. The van der Waals surface area contributed by atoms with E-state index in [2.05, 4.69) is 36.5 Å². The largest absolute Gasteiger partial charge is 0.493 e. The number of halogens is 1. The molecular formula is C20H26ClNO2. The van der Waals surface area contributed by atoms with Gasteiger partial charge in [0, 0.05) is 23.7 Å². The highest BCUT2D eigenvalue weighted by atomic mass is 35.5. The Balaban J connectivity index is 1.91. The van der Waals surface area contributed by atoms with Crippen LogP contribution in [0.2, 0.25) is 5.02 Å². The Morgan fingerprint density at radius 3 is 2.54 bits per heavy atom. The highest BCUT2D eigenvalue weighted by molar-refractivity contribution is 6.31. The van der Waals surface area contributed by atoms with Crippen molar-refractivity contribution in [3.63, 3.8) is 0 Å². The second kappa shape index (κ2) is 9.55. The molecule has 0 aliphatic rings. The van der Waals surface area contributed by atoms with Gasteiger partial charge in [-0.25, -0.2) is 0 Å². The molecule has 0 aliphatic carbocycles. The number of methoxy groups -OCH3 is 1. The average molecular weight is 348 g/mol. The summed E-state index contributed by atoms with van der Waals surface area (Å²) in [7, 11) is 1.62. The molecule has 0 aromatic heterocycles. The van der Waals surface area contributed by atoms with Gasteiger partial charge in [-0.3, -0.25) is 0 Å². The zero-order valence-corrected chi connectivity index (χ0v) is 15.4. The molecule has 4 heteroatoms. The molecule has 2 aromatic carbocycles. The molecule has 0 spiro atoms. The summed E-state index contributed by atoms with van der Waals surface area (Å²) < 4.78 is 10.9. The number of hydrogen-bond donors (Lipinski definition) is 1. The number of hydrogen-bond acceptors (Lipinski definition) is 3. The molecule has 1 atom stereocenters. The van der Waals surface area contributed by atoms with Crippen molar-refractivity contribution in [1.29, 1.82) is 0 Å². The van der Waals surface area contributed by atoms with Crippen LogP contribution in [0, 0.1) is 0 Å². The van der Waals surface area contributed by atoms with Gasteiger partial charge in [0.2, 0.25) is 0 Å².